The first-order valence-electron chi connectivity index (χ1n) is 3.35. The van der Waals surface area contributed by atoms with Crippen LogP contribution in [0.5, 0.6) is 5.75 Å². The van der Waals surface area contributed by atoms with Crippen LogP contribution in [0.25, 0.3) is 0 Å². The van der Waals surface area contributed by atoms with Crippen LogP contribution < -0.4 is 5.43 Å². The summed E-state index contributed by atoms with van der Waals surface area (Å²) < 4.78 is 24.5. The number of H-pyrrole nitrogens is 1. The largest absolute Gasteiger partial charge is 0.503 e. The maximum atomic E-state index is 12.3. The maximum Gasteiger partial charge on any atom is 0.278 e. The minimum absolute atomic E-state index is 0.0175. The summed E-state index contributed by atoms with van der Waals surface area (Å²) in [6.07, 6.45) is -1.89. The molecule has 0 aliphatic carbocycles. The van der Waals surface area contributed by atoms with E-state index in [4.69, 9.17) is 5.11 Å². The Morgan fingerprint density at radius 1 is 1.62 bits per heavy atom. The van der Waals surface area contributed by atoms with E-state index in [1.165, 1.54) is 0 Å². The van der Waals surface area contributed by atoms with Crippen LogP contribution in [0.15, 0.2) is 11.0 Å². The van der Waals surface area contributed by atoms with Crippen molar-refractivity contribution in [3.63, 3.8) is 0 Å². The Balaban J connectivity index is 3.39. The van der Waals surface area contributed by atoms with Crippen molar-refractivity contribution in [3.05, 3.63) is 27.7 Å². The summed E-state index contributed by atoms with van der Waals surface area (Å²) in [6.45, 7) is 0. The van der Waals surface area contributed by atoms with E-state index in [1.54, 1.807) is 0 Å². The van der Waals surface area contributed by atoms with Crippen molar-refractivity contribution in [2.45, 2.75) is 11.8 Å². The summed E-state index contributed by atoms with van der Waals surface area (Å²) in [5, 5.41) is 8.91. The fourth-order valence-electron chi connectivity index (χ4n) is 0.903. The van der Waals surface area contributed by atoms with Crippen molar-refractivity contribution in [1.82, 2.24) is 4.98 Å². The summed E-state index contributed by atoms with van der Waals surface area (Å²) in [6, 6.07) is 0. The van der Waals surface area contributed by atoms with E-state index in [-0.39, 0.29) is 10.9 Å². The van der Waals surface area contributed by atoms with Crippen molar-refractivity contribution >= 4 is 15.9 Å². The molecule has 0 atom stereocenters. The maximum absolute atomic E-state index is 12.3. The Labute approximate surface area is 80.5 Å². The summed E-state index contributed by atoms with van der Waals surface area (Å²) in [4.78, 5) is 13.3. The molecule has 1 aromatic heterocycles. The van der Waals surface area contributed by atoms with Gasteiger partial charge in [0.05, 0.1) is 5.69 Å². The van der Waals surface area contributed by atoms with Gasteiger partial charge in [0.1, 0.15) is 0 Å². The van der Waals surface area contributed by atoms with E-state index in [1.807, 2.05) is 0 Å². The molecule has 0 fully saturated rings. The van der Waals surface area contributed by atoms with Crippen molar-refractivity contribution in [1.29, 1.82) is 0 Å². The first-order chi connectivity index (χ1) is 6.07. The van der Waals surface area contributed by atoms with Gasteiger partial charge >= 0.3 is 0 Å². The SMILES string of the molecule is O=c1c(O)c[nH]c(C(F)F)c1CBr. The zero-order chi connectivity index (χ0) is 10.0. The topological polar surface area (TPSA) is 53.1 Å². The summed E-state index contributed by atoms with van der Waals surface area (Å²) in [5.74, 6) is -0.557. The highest BCUT2D eigenvalue weighted by molar-refractivity contribution is 9.08. The molecular weight excluding hydrogens is 248 g/mol. The van der Waals surface area contributed by atoms with Gasteiger partial charge in [0.15, 0.2) is 5.75 Å². The molecule has 0 aliphatic rings. The van der Waals surface area contributed by atoms with Gasteiger partial charge in [0, 0.05) is 17.1 Å². The number of aromatic nitrogens is 1. The van der Waals surface area contributed by atoms with Gasteiger partial charge in [-0.3, -0.25) is 4.79 Å². The van der Waals surface area contributed by atoms with Crippen LogP contribution in [-0.4, -0.2) is 10.1 Å². The Morgan fingerprint density at radius 2 is 2.23 bits per heavy atom. The second kappa shape index (κ2) is 3.87. The predicted octanol–water partition coefficient (Wildman–Crippen LogP) is 1.91. The van der Waals surface area contributed by atoms with Crippen molar-refractivity contribution < 1.29 is 13.9 Å². The third kappa shape index (κ3) is 1.88. The van der Waals surface area contributed by atoms with Gasteiger partial charge < -0.3 is 10.1 Å². The number of hydrogen-bond acceptors (Lipinski definition) is 2. The smallest absolute Gasteiger partial charge is 0.278 e. The Morgan fingerprint density at radius 3 is 2.69 bits per heavy atom. The van der Waals surface area contributed by atoms with Crippen LogP contribution >= 0.6 is 15.9 Å². The standard InChI is InChI=1S/C7H6BrF2NO2/c8-1-3-5(7(9)10)11-2-4(12)6(3)13/h2,7,12H,1H2,(H,11,13). The molecule has 0 bridgehead atoms. The van der Waals surface area contributed by atoms with Crippen LogP contribution in [0.4, 0.5) is 8.78 Å². The number of hydrogen-bond donors (Lipinski definition) is 2. The summed E-state index contributed by atoms with van der Waals surface area (Å²) >= 11 is 2.90. The zero-order valence-electron chi connectivity index (χ0n) is 6.35. The molecule has 13 heavy (non-hydrogen) atoms. The van der Waals surface area contributed by atoms with Crippen molar-refractivity contribution in [2.75, 3.05) is 0 Å². The molecule has 1 rings (SSSR count). The van der Waals surface area contributed by atoms with Crippen LogP contribution in [0.3, 0.4) is 0 Å². The summed E-state index contributed by atoms with van der Waals surface area (Å²) in [7, 11) is 0. The number of halogens is 3. The highest BCUT2D eigenvalue weighted by Gasteiger charge is 2.17. The van der Waals surface area contributed by atoms with Crippen LogP contribution in [0, 0.1) is 0 Å². The van der Waals surface area contributed by atoms with Crippen molar-refractivity contribution in [3.8, 4) is 5.75 Å². The minimum Gasteiger partial charge on any atom is -0.503 e. The second-order valence-corrected chi connectivity index (χ2v) is 2.89. The summed E-state index contributed by atoms with van der Waals surface area (Å²) in [5.41, 5.74) is -1.37. The monoisotopic (exact) mass is 253 g/mol. The molecular formula is C7H6BrF2NO2. The highest BCUT2D eigenvalue weighted by Crippen LogP contribution is 2.21. The van der Waals surface area contributed by atoms with Crippen LogP contribution in [0.2, 0.25) is 0 Å². The number of alkyl halides is 3. The van der Waals surface area contributed by atoms with Gasteiger partial charge in [-0.2, -0.15) is 0 Å². The quantitative estimate of drug-likeness (QED) is 0.792. The normalized spacial score (nSPS) is 10.8. The van der Waals surface area contributed by atoms with Gasteiger partial charge in [0.25, 0.3) is 6.43 Å². The average molecular weight is 254 g/mol. The molecule has 0 saturated heterocycles. The molecule has 0 aliphatic heterocycles. The van der Waals surface area contributed by atoms with E-state index in [2.05, 4.69) is 20.9 Å². The van der Waals surface area contributed by atoms with Gasteiger partial charge in [-0.05, 0) is 0 Å². The number of pyridine rings is 1. The predicted molar refractivity (Wildman–Crippen MR) is 46.3 cm³/mol. The lowest BCUT2D eigenvalue weighted by atomic mass is 10.2. The Hall–Kier alpha value is -0.910. The van der Waals surface area contributed by atoms with E-state index in [0.717, 1.165) is 6.20 Å². The Bertz CT molecular complexity index is 364. The molecule has 1 heterocycles. The highest BCUT2D eigenvalue weighted by atomic mass is 79.9. The van der Waals surface area contributed by atoms with Crippen molar-refractivity contribution in [2.24, 2.45) is 0 Å². The first kappa shape index (κ1) is 10.2. The molecule has 0 unspecified atom stereocenters. The molecule has 0 saturated carbocycles. The first-order valence-corrected chi connectivity index (χ1v) is 4.47. The van der Waals surface area contributed by atoms with Gasteiger partial charge in [0.2, 0.25) is 5.43 Å². The van der Waals surface area contributed by atoms with E-state index >= 15 is 0 Å². The van der Waals surface area contributed by atoms with Crippen LogP contribution in [0.1, 0.15) is 17.7 Å². The number of nitrogens with one attached hydrogen (secondary N) is 1. The number of rotatable bonds is 2. The second-order valence-electron chi connectivity index (χ2n) is 2.33. The molecule has 0 spiro atoms. The molecule has 6 heteroatoms. The van der Waals surface area contributed by atoms with Crippen LogP contribution in [-0.2, 0) is 5.33 Å². The third-order valence-electron chi connectivity index (χ3n) is 1.55. The van der Waals surface area contributed by atoms with E-state index in [9.17, 15) is 13.6 Å². The number of aromatic amines is 1. The lowest BCUT2D eigenvalue weighted by Crippen LogP contribution is -2.12. The lowest BCUT2D eigenvalue weighted by molar-refractivity contribution is 0.145. The van der Waals surface area contributed by atoms with Gasteiger partial charge in [-0.25, -0.2) is 8.78 Å². The molecule has 1 aromatic rings. The fourth-order valence-corrected chi connectivity index (χ4v) is 1.46. The molecule has 72 valence electrons. The third-order valence-corrected chi connectivity index (χ3v) is 2.11. The minimum atomic E-state index is -2.75. The lowest BCUT2D eigenvalue weighted by Gasteiger charge is -2.05. The van der Waals surface area contributed by atoms with E-state index in [0.29, 0.717) is 0 Å². The molecule has 3 nitrogen and oxygen atoms in total. The number of aromatic hydroxyl groups is 1. The Kier molecular flexibility index (Phi) is 3.02. The average Bonchev–Trinajstić information content (AvgIpc) is 2.09. The zero-order valence-corrected chi connectivity index (χ0v) is 7.94. The molecule has 0 amide bonds. The molecule has 2 N–H and O–H groups in total. The fraction of sp³-hybridized carbons (Fsp3) is 0.286. The van der Waals surface area contributed by atoms with Gasteiger partial charge in [-0.15, -0.1) is 0 Å². The van der Waals surface area contributed by atoms with Gasteiger partial charge in [-0.1, -0.05) is 15.9 Å². The molecule has 0 aromatic carbocycles. The molecule has 0 radical (unpaired) electrons. The van der Waals surface area contributed by atoms with E-state index < -0.39 is 23.3 Å².